The molecule has 122 valence electrons. The second-order valence-corrected chi connectivity index (χ2v) is 5.88. The average Bonchev–Trinajstić information content (AvgIpc) is 2.92. The normalized spacial score (nSPS) is 11.6. The third-order valence-electron chi connectivity index (χ3n) is 2.88. The average molecular weight is 334 g/mol. The van der Waals surface area contributed by atoms with Crippen LogP contribution in [0.15, 0.2) is 29.6 Å². The van der Waals surface area contributed by atoms with E-state index in [0.29, 0.717) is 10.9 Å². The van der Waals surface area contributed by atoms with Crippen molar-refractivity contribution in [2.45, 2.75) is 26.9 Å². The Morgan fingerprint density at radius 1 is 1.26 bits per heavy atom. The van der Waals surface area contributed by atoms with E-state index in [-0.39, 0.29) is 6.61 Å². The Morgan fingerprint density at radius 3 is 2.57 bits per heavy atom. The first-order valence-corrected chi connectivity index (χ1v) is 7.94. The van der Waals surface area contributed by atoms with Crippen molar-refractivity contribution in [2.75, 3.05) is 11.9 Å². The fourth-order valence-corrected chi connectivity index (χ4v) is 2.39. The molecule has 0 fully saturated rings. The molecule has 6 nitrogen and oxygen atoms in total. The lowest BCUT2D eigenvalue weighted by molar-refractivity contribution is -0.153. The highest BCUT2D eigenvalue weighted by Gasteiger charge is 2.18. The maximum Gasteiger partial charge on any atom is 0.347 e. The van der Waals surface area contributed by atoms with Crippen LogP contribution in [0.1, 0.15) is 18.2 Å². The molecule has 1 amide bonds. The molecule has 2 aromatic rings. The van der Waals surface area contributed by atoms with Crippen LogP contribution in [-0.2, 0) is 14.3 Å². The molecular formula is C16H18N2O4S. The Bertz CT molecular complexity index is 682. The molecule has 1 N–H and O–H groups in total. The van der Waals surface area contributed by atoms with Gasteiger partial charge in [0.25, 0.3) is 5.91 Å². The summed E-state index contributed by atoms with van der Waals surface area (Å²) in [6.07, 6.45) is -0.799. The van der Waals surface area contributed by atoms with Gasteiger partial charge in [-0.2, -0.15) is 0 Å². The van der Waals surface area contributed by atoms with Gasteiger partial charge in [0.2, 0.25) is 0 Å². The third kappa shape index (κ3) is 5.37. The molecule has 0 saturated carbocycles. The first-order chi connectivity index (χ1) is 10.9. The number of carbonyl (C=O) groups excluding carboxylic acids is 2. The second-order valence-electron chi connectivity index (χ2n) is 5.02. The molecule has 1 aromatic carbocycles. The lowest BCUT2D eigenvalue weighted by Gasteiger charge is -2.13. The maximum absolute atomic E-state index is 11.8. The van der Waals surface area contributed by atoms with Gasteiger partial charge in [-0.1, -0.05) is 17.7 Å². The van der Waals surface area contributed by atoms with E-state index in [1.807, 2.05) is 31.4 Å². The number of amides is 1. The van der Waals surface area contributed by atoms with Gasteiger partial charge in [0, 0.05) is 5.38 Å². The number of hydrogen-bond donors (Lipinski definition) is 1. The zero-order valence-corrected chi connectivity index (χ0v) is 14.0. The summed E-state index contributed by atoms with van der Waals surface area (Å²) in [4.78, 5) is 27.6. The molecule has 1 atom stereocenters. The predicted octanol–water partition coefficient (Wildman–Crippen LogP) is 2.71. The molecular weight excluding hydrogens is 316 g/mol. The van der Waals surface area contributed by atoms with Crippen LogP contribution >= 0.6 is 11.3 Å². The molecule has 0 aliphatic heterocycles. The molecule has 1 unspecified atom stereocenters. The number of nitrogens with one attached hydrogen (secondary N) is 1. The number of aromatic nitrogens is 1. The van der Waals surface area contributed by atoms with Crippen LogP contribution in [0.4, 0.5) is 5.13 Å². The zero-order valence-electron chi connectivity index (χ0n) is 13.2. The molecule has 0 bridgehead atoms. The van der Waals surface area contributed by atoms with Gasteiger partial charge in [0.15, 0.2) is 17.8 Å². The minimum atomic E-state index is -0.799. The number of thiazole rings is 1. The number of anilines is 1. The number of carbonyl (C=O) groups is 2. The van der Waals surface area contributed by atoms with Crippen LogP contribution in [0.25, 0.3) is 0 Å². The van der Waals surface area contributed by atoms with E-state index in [0.717, 1.165) is 11.3 Å². The van der Waals surface area contributed by atoms with Crippen molar-refractivity contribution in [2.24, 2.45) is 0 Å². The monoisotopic (exact) mass is 334 g/mol. The number of aryl methyl sites for hydroxylation is 2. The van der Waals surface area contributed by atoms with Crippen LogP contribution in [0.3, 0.4) is 0 Å². The SMILES string of the molecule is Cc1ccc(OC(C)C(=O)OCC(=O)Nc2nc(C)cs2)cc1. The van der Waals surface area contributed by atoms with E-state index in [1.54, 1.807) is 19.1 Å². The van der Waals surface area contributed by atoms with Crippen molar-refractivity contribution in [3.8, 4) is 5.75 Å². The summed E-state index contributed by atoms with van der Waals surface area (Å²) in [5.41, 5.74) is 1.92. The van der Waals surface area contributed by atoms with Crippen LogP contribution in [0, 0.1) is 13.8 Å². The maximum atomic E-state index is 11.8. The van der Waals surface area contributed by atoms with Gasteiger partial charge in [0.1, 0.15) is 5.75 Å². The van der Waals surface area contributed by atoms with Crippen LogP contribution in [0.2, 0.25) is 0 Å². The fraction of sp³-hybridized carbons (Fsp3) is 0.312. The van der Waals surface area contributed by atoms with E-state index >= 15 is 0 Å². The third-order valence-corrected chi connectivity index (χ3v) is 3.75. The number of esters is 1. The number of hydrogen-bond acceptors (Lipinski definition) is 6. The van der Waals surface area contributed by atoms with Crippen molar-refractivity contribution in [1.82, 2.24) is 4.98 Å². The topological polar surface area (TPSA) is 77.5 Å². The van der Waals surface area contributed by atoms with Gasteiger partial charge in [-0.05, 0) is 32.9 Å². The van der Waals surface area contributed by atoms with Gasteiger partial charge >= 0.3 is 5.97 Å². The highest BCUT2D eigenvalue weighted by atomic mass is 32.1. The quantitative estimate of drug-likeness (QED) is 0.822. The molecule has 2 rings (SSSR count). The summed E-state index contributed by atoms with van der Waals surface area (Å²) in [6, 6.07) is 7.32. The van der Waals surface area contributed by atoms with Crippen molar-refractivity contribution in [1.29, 1.82) is 0 Å². The molecule has 0 spiro atoms. The van der Waals surface area contributed by atoms with Gasteiger partial charge in [0.05, 0.1) is 5.69 Å². The number of benzene rings is 1. The Morgan fingerprint density at radius 2 is 1.96 bits per heavy atom. The van der Waals surface area contributed by atoms with E-state index in [1.165, 1.54) is 11.3 Å². The highest BCUT2D eigenvalue weighted by molar-refractivity contribution is 7.13. The van der Waals surface area contributed by atoms with E-state index in [2.05, 4.69) is 10.3 Å². The molecule has 1 heterocycles. The second kappa shape index (κ2) is 7.73. The molecule has 0 radical (unpaired) electrons. The fourth-order valence-electron chi connectivity index (χ4n) is 1.69. The molecule has 0 saturated heterocycles. The molecule has 0 aliphatic carbocycles. The van der Waals surface area contributed by atoms with Gasteiger partial charge < -0.3 is 9.47 Å². The van der Waals surface area contributed by atoms with E-state index in [9.17, 15) is 9.59 Å². The highest BCUT2D eigenvalue weighted by Crippen LogP contribution is 2.15. The Kier molecular flexibility index (Phi) is 5.70. The Balaban J connectivity index is 1.77. The summed E-state index contributed by atoms with van der Waals surface area (Å²) in [5.74, 6) is -0.464. The summed E-state index contributed by atoms with van der Waals surface area (Å²) >= 11 is 1.31. The van der Waals surface area contributed by atoms with Gasteiger partial charge in [-0.15, -0.1) is 11.3 Å². The minimum absolute atomic E-state index is 0.376. The molecule has 0 aliphatic rings. The van der Waals surface area contributed by atoms with Crippen LogP contribution < -0.4 is 10.1 Å². The van der Waals surface area contributed by atoms with Crippen molar-refractivity contribution < 1.29 is 19.1 Å². The Hall–Kier alpha value is -2.41. The van der Waals surface area contributed by atoms with E-state index in [4.69, 9.17) is 9.47 Å². The molecule has 7 heteroatoms. The van der Waals surface area contributed by atoms with Crippen molar-refractivity contribution in [3.05, 3.63) is 40.9 Å². The smallest absolute Gasteiger partial charge is 0.347 e. The first kappa shape index (κ1) is 17.0. The van der Waals surface area contributed by atoms with Crippen LogP contribution in [-0.4, -0.2) is 29.6 Å². The van der Waals surface area contributed by atoms with Gasteiger partial charge in [-0.25, -0.2) is 9.78 Å². The Labute approximate surface area is 138 Å². The predicted molar refractivity (Wildman–Crippen MR) is 87.7 cm³/mol. The van der Waals surface area contributed by atoms with E-state index < -0.39 is 18.0 Å². The molecule has 23 heavy (non-hydrogen) atoms. The van der Waals surface area contributed by atoms with Crippen LogP contribution in [0.5, 0.6) is 5.75 Å². The van der Waals surface area contributed by atoms with Crippen molar-refractivity contribution in [3.63, 3.8) is 0 Å². The summed E-state index contributed by atoms with van der Waals surface area (Å²) in [6.45, 7) is 4.99. The summed E-state index contributed by atoms with van der Waals surface area (Å²) in [7, 11) is 0. The lowest BCUT2D eigenvalue weighted by atomic mass is 10.2. The summed E-state index contributed by atoms with van der Waals surface area (Å²) in [5, 5.41) is 4.86. The summed E-state index contributed by atoms with van der Waals surface area (Å²) < 4.78 is 10.4. The van der Waals surface area contributed by atoms with Crippen molar-refractivity contribution >= 4 is 28.3 Å². The number of rotatable bonds is 6. The van der Waals surface area contributed by atoms with Gasteiger partial charge in [-0.3, -0.25) is 10.1 Å². The number of ether oxygens (including phenoxy) is 2. The minimum Gasteiger partial charge on any atom is -0.479 e. The largest absolute Gasteiger partial charge is 0.479 e. The lowest BCUT2D eigenvalue weighted by Crippen LogP contribution is -2.29. The standard InChI is InChI=1S/C16H18N2O4S/c1-10-4-6-13(7-5-10)22-12(3)15(20)21-8-14(19)18-16-17-11(2)9-23-16/h4-7,9,12H,8H2,1-3H3,(H,17,18,19). The molecule has 1 aromatic heterocycles. The first-order valence-electron chi connectivity index (χ1n) is 7.06. The zero-order chi connectivity index (χ0) is 16.8. The number of nitrogens with zero attached hydrogens (tertiary/aromatic N) is 1.